The third-order valence-corrected chi connectivity index (χ3v) is 3.76. The summed E-state index contributed by atoms with van der Waals surface area (Å²) < 4.78 is 5.41. The third-order valence-electron chi connectivity index (χ3n) is 3.76. The molecule has 2 unspecified atom stereocenters. The monoisotopic (exact) mass is 248 g/mol. The Morgan fingerprint density at radius 1 is 1.39 bits per heavy atom. The maximum atomic E-state index is 5.67. The summed E-state index contributed by atoms with van der Waals surface area (Å²) in [6, 6.07) is 8.74. The number of nitrogens with two attached hydrogens (primary N) is 1. The van der Waals surface area contributed by atoms with Gasteiger partial charge in [-0.25, -0.2) is 0 Å². The molecule has 1 aliphatic heterocycles. The highest BCUT2D eigenvalue weighted by atomic mass is 16.5. The van der Waals surface area contributed by atoms with Crippen molar-refractivity contribution >= 4 is 5.69 Å². The highest BCUT2D eigenvalue weighted by Crippen LogP contribution is 2.16. The zero-order valence-electron chi connectivity index (χ0n) is 11.2. The summed E-state index contributed by atoms with van der Waals surface area (Å²) in [7, 11) is 0. The minimum atomic E-state index is 0.568. The van der Waals surface area contributed by atoms with E-state index in [0.29, 0.717) is 12.0 Å². The minimum absolute atomic E-state index is 0.568. The van der Waals surface area contributed by atoms with Crippen molar-refractivity contribution in [3.05, 3.63) is 29.8 Å². The molecule has 18 heavy (non-hydrogen) atoms. The van der Waals surface area contributed by atoms with Crippen LogP contribution in [0.1, 0.15) is 25.3 Å². The summed E-state index contributed by atoms with van der Waals surface area (Å²) in [5.74, 6) is 0.696. The lowest BCUT2D eigenvalue weighted by atomic mass is 10.0. The molecule has 1 aromatic rings. The second-order valence-corrected chi connectivity index (χ2v) is 5.21. The molecule has 3 nitrogen and oxygen atoms in total. The topological polar surface area (TPSA) is 47.3 Å². The number of ether oxygens (including phenoxy) is 1. The molecule has 0 aliphatic carbocycles. The molecular formula is C15H24N2O. The Balaban J connectivity index is 1.62. The summed E-state index contributed by atoms with van der Waals surface area (Å²) in [6.07, 6.45) is 3.48. The van der Waals surface area contributed by atoms with Crippen molar-refractivity contribution < 1.29 is 4.74 Å². The number of hydrogen-bond acceptors (Lipinski definition) is 3. The normalized spacial score (nSPS) is 21.1. The lowest BCUT2D eigenvalue weighted by Crippen LogP contribution is -2.34. The van der Waals surface area contributed by atoms with E-state index in [4.69, 9.17) is 10.5 Å². The summed E-state index contributed by atoms with van der Waals surface area (Å²) >= 11 is 0. The minimum Gasteiger partial charge on any atom is -0.399 e. The molecule has 1 heterocycles. The van der Waals surface area contributed by atoms with Gasteiger partial charge < -0.3 is 15.8 Å². The van der Waals surface area contributed by atoms with E-state index in [0.717, 1.165) is 31.9 Å². The van der Waals surface area contributed by atoms with Crippen LogP contribution >= 0.6 is 0 Å². The molecule has 0 radical (unpaired) electrons. The lowest BCUT2D eigenvalue weighted by Gasteiger charge is -2.19. The zero-order valence-corrected chi connectivity index (χ0v) is 11.2. The molecule has 0 aromatic heterocycles. The van der Waals surface area contributed by atoms with Crippen LogP contribution in [0.15, 0.2) is 24.3 Å². The first-order valence-electron chi connectivity index (χ1n) is 6.91. The first-order chi connectivity index (χ1) is 8.75. The highest BCUT2D eigenvalue weighted by molar-refractivity contribution is 5.39. The molecule has 1 fully saturated rings. The third kappa shape index (κ3) is 4.00. The quantitative estimate of drug-likeness (QED) is 0.599. The van der Waals surface area contributed by atoms with Crippen molar-refractivity contribution in [2.45, 2.75) is 32.2 Å². The van der Waals surface area contributed by atoms with Crippen molar-refractivity contribution in [3.63, 3.8) is 0 Å². The van der Waals surface area contributed by atoms with E-state index in [-0.39, 0.29) is 0 Å². The molecular weight excluding hydrogens is 224 g/mol. The largest absolute Gasteiger partial charge is 0.399 e. The number of benzene rings is 1. The molecule has 1 aromatic carbocycles. The molecule has 2 rings (SSSR count). The molecule has 0 amide bonds. The van der Waals surface area contributed by atoms with Gasteiger partial charge in [-0.05, 0) is 56.3 Å². The molecule has 0 bridgehead atoms. The standard InChI is InChI=1S/C15H24N2O/c1-12(14-8-10-18-11-14)17-9-2-3-13-4-6-15(16)7-5-13/h4-7,12,14,17H,2-3,8-11,16H2,1H3. The van der Waals surface area contributed by atoms with Gasteiger partial charge in [0.1, 0.15) is 0 Å². The Bertz CT molecular complexity index is 344. The van der Waals surface area contributed by atoms with E-state index in [1.807, 2.05) is 12.1 Å². The second-order valence-electron chi connectivity index (χ2n) is 5.21. The van der Waals surface area contributed by atoms with Crippen LogP contribution in [0.5, 0.6) is 0 Å². The van der Waals surface area contributed by atoms with Crippen LogP contribution in [0.2, 0.25) is 0 Å². The number of nitrogen functional groups attached to an aromatic ring is 1. The number of nitrogens with one attached hydrogen (secondary N) is 1. The predicted octanol–water partition coefficient (Wildman–Crippen LogP) is 2.22. The van der Waals surface area contributed by atoms with Crippen LogP contribution in [0, 0.1) is 5.92 Å². The van der Waals surface area contributed by atoms with Gasteiger partial charge in [0.15, 0.2) is 0 Å². The Morgan fingerprint density at radius 3 is 2.83 bits per heavy atom. The molecule has 1 saturated heterocycles. The Morgan fingerprint density at radius 2 is 2.17 bits per heavy atom. The lowest BCUT2D eigenvalue weighted by molar-refractivity contribution is 0.178. The van der Waals surface area contributed by atoms with E-state index in [9.17, 15) is 0 Å². The van der Waals surface area contributed by atoms with Crippen molar-refractivity contribution in [1.29, 1.82) is 0 Å². The van der Waals surface area contributed by atoms with Crippen molar-refractivity contribution in [1.82, 2.24) is 5.32 Å². The molecule has 1 aliphatic rings. The van der Waals surface area contributed by atoms with E-state index in [1.165, 1.54) is 18.4 Å². The summed E-state index contributed by atoms with van der Waals surface area (Å²) in [4.78, 5) is 0. The Kier molecular flexibility index (Phi) is 5.02. The fraction of sp³-hybridized carbons (Fsp3) is 0.600. The van der Waals surface area contributed by atoms with Gasteiger partial charge in [0.2, 0.25) is 0 Å². The maximum Gasteiger partial charge on any atom is 0.0509 e. The van der Waals surface area contributed by atoms with Gasteiger partial charge in [-0.1, -0.05) is 12.1 Å². The smallest absolute Gasteiger partial charge is 0.0509 e. The number of anilines is 1. The van der Waals surface area contributed by atoms with Crippen LogP contribution in [0.3, 0.4) is 0 Å². The first kappa shape index (κ1) is 13.4. The van der Waals surface area contributed by atoms with Crippen LogP contribution in [-0.2, 0) is 11.2 Å². The van der Waals surface area contributed by atoms with Crippen LogP contribution in [-0.4, -0.2) is 25.8 Å². The van der Waals surface area contributed by atoms with Gasteiger partial charge in [0.05, 0.1) is 6.61 Å². The maximum absolute atomic E-state index is 5.67. The van der Waals surface area contributed by atoms with Gasteiger partial charge in [-0.3, -0.25) is 0 Å². The molecule has 100 valence electrons. The van der Waals surface area contributed by atoms with Crippen molar-refractivity contribution in [2.24, 2.45) is 5.92 Å². The van der Waals surface area contributed by atoms with E-state index in [2.05, 4.69) is 24.4 Å². The average Bonchev–Trinajstić information content (AvgIpc) is 2.90. The van der Waals surface area contributed by atoms with E-state index >= 15 is 0 Å². The first-order valence-corrected chi connectivity index (χ1v) is 6.91. The fourth-order valence-corrected chi connectivity index (χ4v) is 2.42. The average molecular weight is 248 g/mol. The number of aryl methyl sites for hydroxylation is 1. The summed E-state index contributed by atoms with van der Waals surface area (Å²) in [6.45, 7) is 5.19. The number of rotatable bonds is 6. The summed E-state index contributed by atoms with van der Waals surface area (Å²) in [5, 5.41) is 3.60. The van der Waals surface area contributed by atoms with E-state index < -0.39 is 0 Å². The van der Waals surface area contributed by atoms with Crippen LogP contribution in [0.25, 0.3) is 0 Å². The van der Waals surface area contributed by atoms with Crippen molar-refractivity contribution in [2.75, 3.05) is 25.5 Å². The van der Waals surface area contributed by atoms with Crippen LogP contribution < -0.4 is 11.1 Å². The Hall–Kier alpha value is -1.06. The molecule has 0 spiro atoms. The van der Waals surface area contributed by atoms with Gasteiger partial charge in [0.25, 0.3) is 0 Å². The van der Waals surface area contributed by atoms with E-state index in [1.54, 1.807) is 0 Å². The molecule has 2 atom stereocenters. The molecule has 3 heteroatoms. The SMILES string of the molecule is CC(NCCCc1ccc(N)cc1)C1CCOC1. The van der Waals surface area contributed by atoms with Gasteiger partial charge in [-0.15, -0.1) is 0 Å². The number of hydrogen-bond donors (Lipinski definition) is 2. The van der Waals surface area contributed by atoms with Crippen LogP contribution in [0.4, 0.5) is 5.69 Å². The van der Waals surface area contributed by atoms with Crippen molar-refractivity contribution in [3.8, 4) is 0 Å². The molecule has 0 saturated carbocycles. The highest BCUT2D eigenvalue weighted by Gasteiger charge is 2.21. The summed E-state index contributed by atoms with van der Waals surface area (Å²) in [5.41, 5.74) is 7.87. The van der Waals surface area contributed by atoms with Gasteiger partial charge in [-0.2, -0.15) is 0 Å². The second kappa shape index (κ2) is 6.76. The predicted molar refractivity (Wildman–Crippen MR) is 75.6 cm³/mol. The van der Waals surface area contributed by atoms with Gasteiger partial charge >= 0.3 is 0 Å². The fourth-order valence-electron chi connectivity index (χ4n) is 2.42. The zero-order chi connectivity index (χ0) is 12.8. The van der Waals surface area contributed by atoms with Gasteiger partial charge in [0, 0.05) is 18.3 Å². The molecule has 3 N–H and O–H groups in total. The Labute approximate surface area is 110 Å².